The van der Waals surface area contributed by atoms with Crippen molar-refractivity contribution in [3.8, 4) is 11.5 Å². The molecule has 0 radical (unpaired) electrons. The minimum absolute atomic E-state index is 0.186. The number of hydrogen-bond acceptors (Lipinski definition) is 8. The van der Waals surface area contributed by atoms with Crippen molar-refractivity contribution in [1.29, 1.82) is 0 Å². The van der Waals surface area contributed by atoms with Gasteiger partial charge in [0.2, 0.25) is 0 Å². The lowest BCUT2D eigenvalue weighted by atomic mass is 9.93. The van der Waals surface area contributed by atoms with Crippen molar-refractivity contribution in [1.82, 2.24) is 20.0 Å². The fourth-order valence-corrected chi connectivity index (χ4v) is 9.61. The predicted octanol–water partition coefficient (Wildman–Crippen LogP) is 9.93. The van der Waals surface area contributed by atoms with Gasteiger partial charge in [-0.3, -0.25) is 9.69 Å². The molecular formula is C46H61Cl4FN4O4. The topological polar surface area (TPSA) is 66.5 Å². The number of rotatable bonds is 12. The van der Waals surface area contributed by atoms with E-state index in [-0.39, 0.29) is 30.0 Å². The van der Waals surface area contributed by atoms with E-state index in [4.69, 9.17) is 60.6 Å². The van der Waals surface area contributed by atoms with Crippen molar-refractivity contribution in [2.75, 3.05) is 72.6 Å². The van der Waals surface area contributed by atoms with Gasteiger partial charge in [0.05, 0.1) is 27.2 Å². The maximum absolute atomic E-state index is 13.3. The van der Waals surface area contributed by atoms with Crippen LogP contribution in [0.2, 0.25) is 20.1 Å². The van der Waals surface area contributed by atoms with Crippen LogP contribution in [0, 0.1) is 31.5 Å². The zero-order valence-corrected chi connectivity index (χ0v) is 37.8. The summed E-state index contributed by atoms with van der Waals surface area (Å²) in [6, 6.07) is 13.5. The molecule has 0 aliphatic carbocycles. The van der Waals surface area contributed by atoms with E-state index in [0.29, 0.717) is 32.4 Å². The molecule has 4 aliphatic rings. The van der Waals surface area contributed by atoms with Crippen LogP contribution in [0.25, 0.3) is 0 Å². The summed E-state index contributed by atoms with van der Waals surface area (Å²) in [6.07, 6.45) is 9.89. The smallest absolute Gasteiger partial charge is 0.323 e. The Morgan fingerprint density at radius 1 is 0.678 bits per heavy atom. The molecule has 8 nitrogen and oxygen atoms in total. The Kier molecular flexibility index (Phi) is 17.7. The van der Waals surface area contributed by atoms with Crippen molar-refractivity contribution < 1.29 is 23.4 Å². The van der Waals surface area contributed by atoms with Gasteiger partial charge in [-0.05, 0) is 152 Å². The van der Waals surface area contributed by atoms with E-state index in [1.54, 1.807) is 18.2 Å². The zero-order valence-electron chi connectivity index (χ0n) is 34.8. The molecule has 0 amide bonds. The van der Waals surface area contributed by atoms with Crippen molar-refractivity contribution in [2.24, 2.45) is 11.8 Å². The Labute approximate surface area is 370 Å². The third-order valence-corrected chi connectivity index (χ3v) is 14.4. The molecule has 0 spiro atoms. The van der Waals surface area contributed by atoms with E-state index < -0.39 is 0 Å². The first-order chi connectivity index (χ1) is 28.5. The van der Waals surface area contributed by atoms with Gasteiger partial charge in [-0.25, -0.2) is 4.39 Å². The summed E-state index contributed by atoms with van der Waals surface area (Å²) in [5.74, 6) is 2.67. The van der Waals surface area contributed by atoms with Gasteiger partial charge in [-0.15, -0.1) is 0 Å². The van der Waals surface area contributed by atoms with E-state index in [9.17, 15) is 9.18 Å². The normalized spacial score (nSPS) is 20.1. The molecule has 4 fully saturated rings. The minimum atomic E-state index is -0.334. The highest BCUT2D eigenvalue weighted by atomic mass is 35.5. The summed E-state index contributed by atoms with van der Waals surface area (Å²) in [6.45, 7) is 14.6. The maximum atomic E-state index is 13.3. The van der Waals surface area contributed by atoms with Crippen molar-refractivity contribution >= 4 is 52.4 Å². The SMILES string of the molecule is COC(=O)C(Cc1ccc(F)cc1)N1CCC(CN2CCC(Oc3ccc(Cl)c(Cl)c3C)CC2)CC1.Cc1c(OC2CCN(CC3CCNCC3)CC2)ccc(Cl)c1Cl. The van der Waals surface area contributed by atoms with E-state index in [2.05, 4.69) is 20.0 Å². The van der Waals surface area contributed by atoms with Gasteiger partial charge in [0.25, 0.3) is 0 Å². The molecule has 4 aliphatic heterocycles. The third kappa shape index (κ3) is 13.3. The van der Waals surface area contributed by atoms with Gasteiger partial charge in [0.15, 0.2) is 0 Å². The Balaban J connectivity index is 0.000000219. The van der Waals surface area contributed by atoms with Gasteiger partial charge in [0.1, 0.15) is 35.6 Å². The minimum Gasteiger partial charge on any atom is -0.490 e. The molecule has 7 rings (SSSR count). The van der Waals surface area contributed by atoms with Crippen molar-refractivity contribution in [2.45, 2.75) is 89.9 Å². The van der Waals surface area contributed by atoms with Gasteiger partial charge in [0, 0.05) is 50.4 Å². The lowest BCUT2D eigenvalue weighted by Gasteiger charge is -2.39. The summed E-state index contributed by atoms with van der Waals surface area (Å²) in [5, 5.41) is 5.75. The van der Waals surface area contributed by atoms with Crippen molar-refractivity contribution in [3.63, 3.8) is 0 Å². The number of esters is 1. The van der Waals surface area contributed by atoms with Crippen LogP contribution in [0.15, 0.2) is 48.5 Å². The summed E-state index contributed by atoms with van der Waals surface area (Å²) < 4.78 is 30.8. The lowest BCUT2D eigenvalue weighted by Crippen LogP contribution is -2.49. The monoisotopic (exact) mass is 892 g/mol. The fraction of sp³-hybridized carbons (Fsp3) is 0.587. The highest BCUT2D eigenvalue weighted by Gasteiger charge is 2.32. The number of likely N-dealkylation sites (tertiary alicyclic amines) is 3. The Morgan fingerprint density at radius 3 is 1.59 bits per heavy atom. The van der Waals surface area contributed by atoms with E-state index in [1.807, 2.05) is 32.0 Å². The second-order valence-corrected chi connectivity index (χ2v) is 18.3. The molecule has 3 aromatic rings. The molecular weight excluding hydrogens is 833 g/mol. The molecule has 0 aromatic heterocycles. The number of piperidine rings is 4. The molecule has 4 heterocycles. The number of hydrogen-bond donors (Lipinski definition) is 1. The van der Waals surface area contributed by atoms with E-state index >= 15 is 0 Å². The second-order valence-electron chi connectivity index (χ2n) is 16.7. The largest absolute Gasteiger partial charge is 0.490 e. The summed E-state index contributed by atoms with van der Waals surface area (Å²) in [5.41, 5.74) is 2.77. The number of carbonyl (C=O) groups is 1. The quantitative estimate of drug-likeness (QED) is 0.181. The fourth-order valence-electron chi connectivity index (χ4n) is 8.89. The van der Waals surface area contributed by atoms with Gasteiger partial charge < -0.3 is 29.3 Å². The second kappa shape index (κ2) is 22.7. The standard InChI is InChI=1S/C28H35Cl2FN2O3.C18H26Cl2N2O/c1-19-26(8-7-24(29)27(19)30)36-23-11-13-32(14-12-23)18-21-9-15-33(16-10-21)25(28(34)35-2)17-20-3-5-22(31)6-4-20;1-13-17(3-2-16(19)18(13)20)23-15-6-10-22(11-7-15)12-14-4-8-21-9-5-14/h3-8,21,23,25H,9-18H2,1-2H3;2-3,14-15,21H,4-12H2,1H3. The Bertz CT molecular complexity index is 1790. The van der Waals surface area contributed by atoms with Crippen LogP contribution < -0.4 is 14.8 Å². The molecule has 0 bridgehead atoms. The van der Waals surface area contributed by atoms with Gasteiger partial charge in [-0.2, -0.15) is 0 Å². The van der Waals surface area contributed by atoms with Crippen LogP contribution in [0.3, 0.4) is 0 Å². The van der Waals surface area contributed by atoms with Gasteiger partial charge in [-0.1, -0.05) is 58.5 Å². The summed E-state index contributed by atoms with van der Waals surface area (Å²) >= 11 is 24.6. The highest BCUT2D eigenvalue weighted by Crippen LogP contribution is 2.35. The molecule has 59 heavy (non-hydrogen) atoms. The van der Waals surface area contributed by atoms with Crippen LogP contribution >= 0.6 is 46.4 Å². The van der Waals surface area contributed by atoms with Crippen LogP contribution in [0.1, 0.15) is 68.1 Å². The Morgan fingerprint density at radius 2 is 1.14 bits per heavy atom. The number of benzene rings is 3. The molecule has 0 saturated carbocycles. The third-order valence-electron chi connectivity index (χ3n) is 12.6. The average Bonchev–Trinajstić information content (AvgIpc) is 3.26. The van der Waals surface area contributed by atoms with Crippen LogP contribution in [-0.4, -0.2) is 111 Å². The number of carbonyl (C=O) groups excluding carboxylic acids is 1. The first-order valence-electron chi connectivity index (χ1n) is 21.4. The lowest BCUT2D eigenvalue weighted by molar-refractivity contribution is -0.147. The number of nitrogens with one attached hydrogen (secondary N) is 1. The molecule has 3 aromatic carbocycles. The number of methoxy groups -OCH3 is 1. The first kappa shape index (κ1) is 46.2. The van der Waals surface area contributed by atoms with Gasteiger partial charge >= 0.3 is 5.97 Å². The van der Waals surface area contributed by atoms with E-state index in [0.717, 1.165) is 118 Å². The molecule has 324 valence electrons. The molecule has 4 saturated heterocycles. The zero-order chi connectivity index (χ0) is 41.9. The highest BCUT2D eigenvalue weighted by molar-refractivity contribution is 6.43. The molecule has 1 atom stereocenters. The maximum Gasteiger partial charge on any atom is 0.323 e. The molecule has 13 heteroatoms. The first-order valence-corrected chi connectivity index (χ1v) is 22.9. The summed E-state index contributed by atoms with van der Waals surface area (Å²) in [4.78, 5) is 19.9. The van der Waals surface area contributed by atoms with Crippen LogP contribution in [0.5, 0.6) is 11.5 Å². The predicted molar refractivity (Wildman–Crippen MR) is 238 cm³/mol. The Hall–Kier alpha value is -2.34. The van der Waals surface area contributed by atoms with Crippen LogP contribution in [0.4, 0.5) is 4.39 Å². The van der Waals surface area contributed by atoms with E-state index in [1.165, 1.54) is 51.7 Å². The number of halogens is 5. The molecule has 1 N–H and O–H groups in total. The average molecular weight is 895 g/mol. The molecule has 1 unspecified atom stereocenters. The number of nitrogens with zero attached hydrogens (tertiary/aromatic N) is 3. The van der Waals surface area contributed by atoms with Crippen molar-refractivity contribution in [3.05, 3.63) is 91.1 Å². The number of ether oxygens (including phenoxy) is 3. The van der Waals surface area contributed by atoms with Crippen LogP contribution in [-0.2, 0) is 16.0 Å². The summed E-state index contributed by atoms with van der Waals surface area (Å²) in [7, 11) is 1.43.